The summed E-state index contributed by atoms with van der Waals surface area (Å²) in [4.78, 5) is 12.4. The molecule has 2 aromatic carbocycles. The standard InChI is InChI=1S/C16H14Br2ClNO3.C6H15N/c17-12-5-10(7-14(20)16(21)22)6-13(18)15(12)23-8-9-2-1-3-11(19)4-9;1-4-7(5-2)6-3/h1-6,14H,7-8,20H2,(H,21,22);4-6H2,1-3H3. The van der Waals surface area contributed by atoms with Gasteiger partial charge in [0.2, 0.25) is 0 Å². The van der Waals surface area contributed by atoms with E-state index < -0.39 is 12.0 Å². The van der Waals surface area contributed by atoms with E-state index in [0.717, 1.165) is 11.1 Å². The van der Waals surface area contributed by atoms with Gasteiger partial charge in [0.15, 0.2) is 0 Å². The minimum atomic E-state index is -1.28. The van der Waals surface area contributed by atoms with Gasteiger partial charge in [-0.05, 0) is 94.4 Å². The first-order chi connectivity index (χ1) is 14.2. The van der Waals surface area contributed by atoms with Crippen molar-refractivity contribution in [2.24, 2.45) is 5.73 Å². The molecule has 0 spiro atoms. The first kappa shape index (κ1) is 26.9. The van der Waals surface area contributed by atoms with Gasteiger partial charge in [-0.15, -0.1) is 0 Å². The zero-order valence-corrected chi connectivity index (χ0v) is 21.4. The van der Waals surface area contributed by atoms with Gasteiger partial charge in [0.25, 0.3) is 0 Å². The lowest BCUT2D eigenvalue weighted by molar-refractivity contribution is -0.894. The molecule has 30 heavy (non-hydrogen) atoms. The fourth-order valence-corrected chi connectivity index (χ4v) is 4.46. The normalized spacial score (nSPS) is 11.6. The molecule has 0 aliphatic heterocycles. The Bertz CT molecular complexity index is 788. The van der Waals surface area contributed by atoms with Gasteiger partial charge < -0.3 is 25.3 Å². The first-order valence-corrected chi connectivity index (χ1v) is 11.8. The maximum atomic E-state index is 10.7. The molecule has 166 valence electrons. The maximum absolute atomic E-state index is 10.7. The molecule has 0 aliphatic rings. The van der Waals surface area contributed by atoms with Crippen LogP contribution in [0, 0.1) is 0 Å². The number of carbonyl (C=O) groups excluding carboxylic acids is 1. The highest BCUT2D eigenvalue weighted by Crippen LogP contribution is 2.35. The Labute approximate surface area is 200 Å². The van der Waals surface area contributed by atoms with Crippen LogP contribution in [0.5, 0.6) is 5.75 Å². The van der Waals surface area contributed by atoms with Crippen LogP contribution in [0.3, 0.4) is 0 Å². The predicted octanol–water partition coefficient (Wildman–Crippen LogP) is 2.99. The molecule has 0 fully saturated rings. The zero-order chi connectivity index (χ0) is 22.7. The lowest BCUT2D eigenvalue weighted by Crippen LogP contribution is -3.11. The highest BCUT2D eigenvalue weighted by Gasteiger charge is 2.12. The number of nitrogens with two attached hydrogens (primary N) is 1. The molecule has 0 bridgehead atoms. The summed E-state index contributed by atoms with van der Waals surface area (Å²) in [6.07, 6.45) is 0.175. The third-order valence-corrected chi connectivity index (χ3v) is 6.00. The molecule has 5 nitrogen and oxygen atoms in total. The third kappa shape index (κ3) is 9.35. The summed E-state index contributed by atoms with van der Waals surface area (Å²) >= 11 is 12.8. The van der Waals surface area contributed by atoms with Crippen molar-refractivity contribution in [3.05, 3.63) is 61.5 Å². The number of carboxylic acids is 1. The maximum Gasteiger partial charge on any atom is 0.148 e. The Hall–Kier alpha value is -1.12. The Kier molecular flexibility index (Phi) is 12.6. The van der Waals surface area contributed by atoms with Crippen molar-refractivity contribution in [1.29, 1.82) is 0 Å². The van der Waals surface area contributed by atoms with E-state index >= 15 is 0 Å². The summed E-state index contributed by atoms with van der Waals surface area (Å²) in [7, 11) is 0. The quantitative estimate of drug-likeness (QED) is 0.491. The fraction of sp³-hybridized carbons (Fsp3) is 0.409. The molecule has 0 aliphatic carbocycles. The number of rotatable bonds is 9. The first-order valence-electron chi connectivity index (χ1n) is 9.86. The van der Waals surface area contributed by atoms with Crippen LogP contribution >= 0.6 is 43.5 Å². The molecule has 1 atom stereocenters. The fourth-order valence-electron chi connectivity index (χ4n) is 2.74. The number of carboxylic acid groups (broad SMARTS) is 1. The van der Waals surface area contributed by atoms with Crippen molar-refractivity contribution >= 4 is 49.4 Å². The average Bonchev–Trinajstić information content (AvgIpc) is 2.69. The van der Waals surface area contributed by atoms with Crippen molar-refractivity contribution in [2.45, 2.75) is 39.8 Å². The average molecular weight is 565 g/mol. The predicted molar refractivity (Wildman–Crippen MR) is 127 cm³/mol. The number of hydrogen-bond donors (Lipinski definition) is 2. The Morgan fingerprint density at radius 3 is 2.10 bits per heavy atom. The molecule has 1 unspecified atom stereocenters. The van der Waals surface area contributed by atoms with E-state index in [1.807, 2.05) is 18.2 Å². The van der Waals surface area contributed by atoms with Crippen molar-refractivity contribution in [3.8, 4) is 5.75 Å². The number of quaternary nitrogens is 1. The van der Waals surface area contributed by atoms with Crippen LogP contribution in [0.15, 0.2) is 45.3 Å². The van der Waals surface area contributed by atoms with Crippen LogP contribution in [-0.4, -0.2) is 31.6 Å². The minimum Gasteiger partial charge on any atom is -0.548 e. The van der Waals surface area contributed by atoms with Crippen LogP contribution in [0.4, 0.5) is 0 Å². The van der Waals surface area contributed by atoms with Crippen LogP contribution in [0.2, 0.25) is 5.02 Å². The second-order valence-electron chi connectivity index (χ2n) is 6.75. The summed E-state index contributed by atoms with van der Waals surface area (Å²) < 4.78 is 7.21. The van der Waals surface area contributed by atoms with Gasteiger partial charge in [-0.25, -0.2) is 0 Å². The number of aliphatic carboxylic acids is 1. The SMILES string of the molecule is CC[NH+](CC)CC.NC(Cc1cc(Br)c(OCc2cccc(Cl)c2)c(Br)c1)C(=O)[O-]. The highest BCUT2D eigenvalue weighted by atomic mass is 79.9. The number of benzene rings is 2. The number of hydrogen-bond acceptors (Lipinski definition) is 4. The molecule has 8 heteroatoms. The van der Waals surface area contributed by atoms with Gasteiger partial charge in [0.1, 0.15) is 12.4 Å². The molecule has 0 amide bonds. The molecule has 0 radical (unpaired) electrons. The molecule has 3 N–H and O–H groups in total. The lowest BCUT2D eigenvalue weighted by atomic mass is 10.1. The van der Waals surface area contributed by atoms with Crippen molar-refractivity contribution in [2.75, 3.05) is 19.6 Å². The second kappa shape index (κ2) is 14.0. The highest BCUT2D eigenvalue weighted by molar-refractivity contribution is 9.11. The number of ether oxygens (including phenoxy) is 1. The van der Waals surface area contributed by atoms with Gasteiger partial charge in [-0.3, -0.25) is 0 Å². The van der Waals surface area contributed by atoms with E-state index in [0.29, 0.717) is 26.3 Å². The van der Waals surface area contributed by atoms with Crippen molar-refractivity contribution in [3.63, 3.8) is 0 Å². The molecule has 2 aromatic rings. The van der Waals surface area contributed by atoms with E-state index in [4.69, 9.17) is 22.1 Å². The number of carbonyl (C=O) groups is 1. The third-order valence-electron chi connectivity index (χ3n) is 4.59. The zero-order valence-electron chi connectivity index (χ0n) is 17.5. The van der Waals surface area contributed by atoms with Crippen molar-refractivity contribution in [1.82, 2.24) is 0 Å². The molecule has 0 saturated heterocycles. The number of nitrogens with one attached hydrogen (secondary N) is 1. The van der Waals surface area contributed by atoms with E-state index in [9.17, 15) is 9.90 Å². The molecule has 0 heterocycles. The lowest BCUT2D eigenvalue weighted by Gasteiger charge is -2.15. The minimum absolute atomic E-state index is 0.175. The summed E-state index contributed by atoms with van der Waals surface area (Å²) in [6, 6.07) is 9.91. The van der Waals surface area contributed by atoms with E-state index in [1.54, 1.807) is 23.1 Å². The van der Waals surface area contributed by atoms with Crippen LogP contribution in [0.1, 0.15) is 31.9 Å². The van der Waals surface area contributed by atoms with E-state index in [-0.39, 0.29) is 6.42 Å². The van der Waals surface area contributed by atoms with E-state index in [1.165, 1.54) is 19.6 Å². The van der Waals surface area contributed by atoms with Crippen LogP contribution < -0.4 is 20.5 Å². The monoisotopic (exact) mass is 562 g/mol. The second-order valence-corrected chi connectivity index (χ2v) is 8.89. The summed E-state index contributed by atoms with van der Waals surface area (Å²) in [5, 5.41) is 11.4. The smallest absolute Gasteiger partial charge is 0.148 e. The Morgan fingerprint density at radius 2 is 1.67 bits per heavy atom. The summed E-state index contributed by atoms with van der Waals surface area (Å²) in [6.45, 7) is 10.8. The van der Waals surface area contributed by atoms with Gasteiger partial charge in [-0.1, -0.05) is 23.7 Å². The van der Waals surface area contributed by atoms with Crippen LogP contribution in [0.25, 0.3) is 0 Å². The largest absolute Gasteiger partial charge is 0.548 e. The van der Waals surface area contributed by atoms with Gasteiger partial charge in [0.05, 0.1) is 34.5 Å². The van der Waals surface area contributed by atoms with E-state index in [2.05, 4.69) is 52.6 Å². The van der Waals surface area contributed by atoms with Gasteiger partial charge >= 0.3 is 0 Å². The Morgan fingerprint density at radius 1 is 1.10 bits per heavy atom. The van der Waals surface area contributed by atoms with Crippen LogP contribution in [-0.2, 0) is 17.8 Å². The molecule has 0 aromatic heterocycles. The van der Waals surface area contributed by atoms with Gasteiger partial charge in [-0.2, -0.15) is 0 Å². The van der Waals surface area contributed by atoms with Crippen molar-refractivity contribution < 1.29 is 19.5 Å². The van der Waals surface area contributed by atoms with Gasteiger partial charge in [0, 0.05) is 11.1 Å². The molecule has 0 saturated carbocycles. The topological polar surface area (TPSA) is 79.8 Å². The number of halogens is 3. The summed E-state index contributed by atoms with van der Waals surface area (Å²) in [5.74, 6) is -0.658. The Balaban J connectivity index is 0.000000553. The summed E-state index contributed by atoms with van der Waals surface area (Å²) in [5.41, 5.74) is 7.20. The molecular formula is C22H29Br2ClN2O3. The molecule has 2 rings (SSSR count). The molecular weight excluding hydrogens is 536 g/mol.